The van der Waals surface area contributed by atoms with Gasteiger partial charge >= 0.3 is 0 Å². The summed E-state index contributed by atoms with van der Waals surface area (Å²) in [5.41, 5.74) is 0. The van der Waals surface area contributed by atoms with E-state index in [2.05, 4.69) is 55.6 Å². The molecule has 0 aliphatic rings. The first kappa shape index (κ1) is 47.4. The van der Waals surface area contributed by atoms with E-state index in [0.717, 1.165) is 38.5 Å². The van der Waals surface area contributed by atoms with E-state index in [1.807, 2.05) is 6.08 Å². The first-order valence-corrected chi connectivity index (χ1v) is 21.4. The molecule has 0 aromatic heterocycles. The maximum Gasteiger partial charge on any atom is 0.220 e. The maximum absolute atomic E-state index is 12.3. The van der Waals surface area contributed by atoms with Crippen molar-refractivity contribution in [2.75, 3.05) is 6.61 Å². The average Bonchev–Trinajstić information content (AvgIpc) is 3.10. The summed E-state index contributed by atoms with van der Waals surface area (Å²) < 4.78 is 0. The second-order valence-electron chi connectivity index (χ2n) is 14.4. The van der Waals surface area contributed by atoms with Crippen molar-refractivity contribution in [1.29, 1.82) is 0 Å². The molecular weight excluding hydrogens is 602 g/mol. The molecule has 1 amide bonds. The van der Waals surface area contributed by atoms with Gasteiger partial charge in [0.1, 0.15) is 0 Å². The number of carbonyl (C=O) groups excluding carboxylic acids is 1. The zero-order chi connectivity index (χ0) is 35.7. The van der Waals surface area contributed by atoms with E-state index < -0.39 is 12.1 Å². The number of rotatable bonds is 38. The Morgan fingerprint density at radius 1 is 0.469 bits per heavy atom. The number of unbranched alkanes of at least 4 members (excludes halogenated alkanes) is 25. The van der Waals surface area contributed by atoms with Crippen LogP contribution in [0, 0.1) is 0 Å². The van der Waals surface area contributed by atoms with Gasteiger partial charge in [-0.2, -0.15) is 0 Å². The van der Waals surface area contributed by atoms with E-state index in [1.165, 1.54) is 154 Å². The highest BCUT2D eigenvalue weighted by atomic mass is 16.3. The topological polar surface area (TPSA) is 69.6 Å². The molecule has 286 valence electrons. The fourth-order valence-corrected chi connectivity index (χ4v) is 6.19. The monoisotopic (exact) mass is 686 g/mol. The van der Waals surface area contributed by atoms with E-state index in [1.54, 1.807) is 6.08 Å². The van der Waals surface area contributed by atoms with E-state index in [-0.39, 0.29) is 12.5 Å². The van der Waals surface area contributed by atoms with Crippen molar-refractivity contribution in [1.82, 2.24) is 5.32 Å². The first-order chi connectivity index (χ1) is 24.2. The van der Waals surface area contributed by atoms with Gasteiger partial charge in [0, 0.05) is 6.42 Å². The van der Waals surface area contributed by atoms with Crippen LogP contribution in [0.4, 0.5) is 0 Å². The van der Waals surface area contributed by atoms with Gasteiger partial charge in [0.25, 0.3) is 0 Å². The Morgan fingerprint density at radius 2 is 0.816 bits per heavy atom. The Balaban J connectivity index is 3.56. The molecule has 0 aliphatic carbocycles. The number of carbonyl (C=O) groups is 1. The Hall–Kier alpha value is -1.65. The number of aliphatic hydroxyl groups excluding tert-OH is 2. The molecule has 0 bridgehead atoms. The molecular formula is C45H83NO3. The van der Waals surface area contributed by atoms with Gasteiger partial charge in [0.15, 0.2) is 0 Å². The second kappa shape index (κ2) is 40.8. The molecule has 0 aromatic carbocycles. The highest BCUT2D eigenvalue weighted by molar-refractivity contribution is 5.76. The summed E-state index contributed by atoms with van der Waals surface area (Å²) in [6, 6.07) is -0.645. The van der Waals surface area contributed by atoms with Crippen molar-refractivity contribution in [3.05, 3.63) is 48.6 Å². The molecule has 0 heterocycles. The third-order valence-corrected chi connectivity index (χ3v) is 9.51. The van der Waals surface area contributed by atoms with Gasteiger partial charge in [0.05, 0.1) is 18.8 Å². The molecule has 2 atom stereocenters. The molecule has 0 aromatic rings. The first-order valence-electron chi connectivity index (χ1n) is 21.4. The number of hydrogen-bond donors (Lipinski definition) is 3. The minimum Gasteiger partial charge on any atom is -0.394 e. The lowest BCUT2D eigenvalue weighted by molar-refractivity contribution is -0.123. The van der Waals surface area contributed by atoms with E-state index in [0.29, 0.717) is 6.42 Å². The molecule has 49 heavy (non-hydrogen) atoms. The van der Waals surface area contributed by atoms with Gasteiger partial charge in [-0.3, -0.25) is 4.79 Å². The van der Waals surface area contributed by atoms with Crippen LogP contribution in [-0.4, -0.2) is 34.9 Å². The van der Waals surface area contributed by atoms with Crippen LogP contribution < -0.4 is 5.32 Å². The smallest absolute Gasteiger partial charge is 0.220 e. The predicted molar refractivity (Wildman–Crippen MR) is 216 cm³/mol. The van der Waals surface area contributed by atoms with Gasteiger partial charge in [-0.15, -0.1) is 0 Å². The van der Waals surface area contributed by atoms with Crippen LogP contribution in [0.1, 0.15) is 213 Å². The minimum atomic E-state index is -0.869. The van der Waals surface area contributed by atoms with Gasteiger partial charge < -0.3 is 15.5 Å². The molecule has 0 radical (unpaired) electrons. The molecule has 2 unspecified atom stereocenters. The molecule has 4 nitrogen and oxygen atoms in total. The Kier molecular flexibility index (Phi) is 39.4. The Morgan fingerprint density at radius 3 is 1.24 bits per heavy atom. The zero-order valence-corrected chi connectivity index (χ0v) is 32.7. The highest BCUT2D eigenvalue weighted by Gasteiger charge is 2.17. The summed E-state index contributed by atoms with van der Waals surface area (Å²) in [5, 5.41) is 22.9. The van der Waals surface area contributed by atoms with Crippen LogP contribution in [-0.2, 0) is 4.79 Å². The summed E-state index contributed by atoms with van der Waals surface area (Å²) in [6.07, 6.45) is 55.1. The Labute approximate surface area is 305 Å². The third kappa shape index (κ3) is 37.4. The molecule has 0 spiro atoms. The van der Waals surface area contributed by atoms with Crippen molar-refractivity contribution in [2.24, 2.45) is 0 Å². The summed E-state index contributed by atoms with van der Waals surface area (Å²) >= 11 is 0. The van der Waals surface area contributed by atoms with E-state index in [4.69, 9.17) is 0 Å². The quantitative estimate of drug-likeness (QED) is 0.0447. The predicted octanol–water partition coefficient (Wildman–Crippen LogP) is 13.2. The van der Waals surface area contributed by atoms with Gasteiger partial charge in [0.2, 0.25) is 5.91 Å². The fraction of sp³-hybridized carbons (Fsp3) is 0.800. The van der Waals surface area contributed by atoms with Crippen molar-refractivity contribution >= 4 is 5.91 Å². The third-order valence-electron chi connectivity index (χ3n) is 9.51. The Bertz CT molecular complexity index is 786. The summed E-state index contributed by atoms with van der Waals surface area (Å²) in [4.78, 5) is 12.3. The lowest BCUT2D eigenvalue weighted by atomic mass is 10.0. The van der Waals surface area contributed by atoms with Crippen LogP contribution in [0.25, 0.3) is 0 Å². The zero-order valence-electron chi connectivity index (χ0n) is 32.7. The summed E-state index contributed by atoms with van der Waals surface area (Å²) in [6.45, 7) is 4.24. The summed E-state index contributed by atoms with van der Waals surface area (Å²) in [7, 11) is 0. The minimum absolute atomic E-state index is 0.0821. The molecule has 3 N–H and O–H groups in total. The van der Waals surface area contributed by atoms with Crippen molar-refractivity contribution in [3.8, 4) is 0 Å². The molecule has 4 heteroatoms. The molecule has 0 saturated heterocycles. The lowest BCUT2D eigenvalue weighted by Gasteiger charge is -2.19. The van der Waals surface area contributed by atoms with Crippen LogP contribution in [0.5, 0.6) is 0 Å². The fourth-order valence-electron chi connectivity index (χ4n) is 6.19. The number of aliphatic hydroxyl groups is 2. The number of allylic oxidation sites excluding steroid dienone is 7. The van der Waals surface area contributed by atoms with Crippen molar-refractivity contribution < 1.29 is 15.0 Å². The average molecular weight is 686 g/mol. The summed E-state index contributed by atoms with van der Waals surface area (Å²) in [5.74, 6) is -0.0821. The van der Waals surface area contributed by atoms with Crippen LogP contribution in [0.15, 0.2) is 48.6 Å². The van der Waals surface area contributed by atoms with Crippen molar-refractivity contribution in [3.63, 3.8) is 0 Å². The van der Waals surface area contributed by atoms with Gasteiger partial charge in [-0.05, 0) is 64.2 Å². The lowest BCUT2D eigenvalue weighted by Crippen LogP contribution is -2.45. The number of amides is 1. The van der Waals surface area contributed by atoms with Crippen LogP contribution in [0.3, 0.4) is 0 Å². The molecule has 0 saturated carbocycles. The number of nitrogens with one attached hydrogen (secondary N) is 1. The standard InChI is InChI=1S/C45H83NO3/c1-3-5-7-9-11-13-15-17-18-19-20-21-22-23-24-25-26-27-28-29-31-33-35-37-39-41-45(49)46-43(42-47)44(48)40-38-36-34-32-30-16-14-12-10-8-6-4-2/h10,12,23-24,30,32,38,40,43-44,47-48H,3-9,11,13-22,25-29,31,33-37,39,41-42H2,1-2H3,(H,46,49)/b12-10+,24-23-,32-30+,40-38+. The normalized spacial score (nSPS) is 13.5. The second-order valence-corrected chi connectivity index (χ2v) is 14.4. The maximum atomic E-state index is 12.3. The van der Waals surface area contributed by atoms with Crippen LogP contribution >= 0.6 is 0 Å². The molecule has 0 fully saturated rings. The SMILES string of the molecule is CCCC/C=C/CC/C=C/CC/C=C/C(O)C(CO)NC(=O)CCCCCCCCCCC/C=C\CCCCCCCCCCCCCC. The van der Waals surface area contributed by atoms with E-state index in [9.17, 15) is 15.0 Å². The van der Waals surface area contributed by atoms with Crippen LogP contribution in [0.2, 0.25) is 0 Å². The number of hydrogen-bond acceptors (Lipinski definition) is 3. The molecule has 0 aliphatic heterocycles. The molecule has 0 rings (SSSR count). The van der Waals surface area contributed by atoms with Gasteiger partial charge in [-0.1, -0.05) is 191 Å². The largest absolute Gasteiger partial charge is 0.394 e. The van der Waals surface area contributed by atoms with Crippen molar-refractivity contribution in [2.45, 2.75) is 225 Å². The van der Waals surface area contributed by atoms with Gasteiger partial charge in [-0.25, -0.2) is 0 Å². The van der Waals surface area contributed by atoms with E-state index >= 15 is 0 Å². The highest BCUT2D eigenvalue weighted by Crippen LogP contribution is 2.14.